The Balaban J connectivity index is 2.10. The molecule has 2 aromatic heterocycles. The predicted octanol–water partition coefficient (Wildman–Crippen LogP) is 1.33. The summed E-state index contributed by atoms with van der Waals surface area (Å²) in [5, 5.41) is 11.3. The van der Waals surface area contributed by atoms with Gasteiger partial charge in [-0.05, 0) is 13.8 Å². The first-order valence-corrected chi connectivity index (χ1v) is 5.44. The van der Waals surface area contributed by atoms with Crippen LogP contribution < -0.4 is 10.5 Å². The van der Waals surface area contributed by atoms with Gasteiger partial charge >= 0.3 is 0 Å². The lowest BCUT2D eigenvalue weighted by Crippen LogP contribution is -2.13. The van der Waals surface area contributed by atoms with Crippen molar-refractivity contribution in [2.75, 3.05) is 0 Å². The van der Waals surface area contributed by atoms with Gasteiger partial charge in [0, 0.05) is 6.04 Å². The number of hydrogen-bond donors (Lipinski definition) is 2. The number of hydrogen-bond acceptors (Lipinski definition) is 5. The third kappa shape index (κ3) is 2.62. The molecule has 0 aliphatic heterocycles. The van der Waals surface area contributed by atoms with Crippen LogP contribution in [0.25, 0.3) is 0 Å². The molecule has 0 aliphatic carbocycles. The maximum atomic E-state index is 7.20. The Morgan fingerprint density at radius 2 is 2.11 bits per heavy atom. The topological polar surface area (TPSA) is 103 Å². The highest BCUT2D eigenvalue weighted by Crippen LogP contribution is 2.18. The molecular weight excluding hydrogens is 232 g/mol. The lowest BCUT2D eigenvalue weighted by molar-refractivity contribution is 0.456. The fourth-order valence-electron chi connectivity index (χ4n) is 1.28. The Hall–Kier alpha value is -2.44. The zero-order valence-electron chi connectivity index (χ0n) is 10.2. The van der Waals surface area contributed by atoms with Gasteiger partial charge in [-0.25, -0.2) is 9.97 Å². The molecule has 94 valence electrons. The molecule has 0 saturated heterocycles. The van der Waals surface area contributed by atoms with Gasteiger partial charge < -0.3 is 10.5 Å². The number of nitrogens with one attached hydrogen (secondary N) is 1. The van der Waals surface area contributed by atoms with Gasteiger partial charge in [0.05, 0.1) is 24.8 Å². The van der Waals surface area contributed by atoms with Gasteiger partial charge in [-0.15, -0.1) is 0 Å². The molecule has 7 nitrogen and oxygen atoms in total. The zero-order chi connectivity index (χ0) is 13.1. The second kappa shape index (κ2) is 4.82. The van der Waals surface area contributed by atoms with Gasteiger partial charge in [-0.3, -0.25) is 10.1 Å². The number of nitrogens with zero attached hydrogens (tertiary/aromatic N) is 4. The third-order valence-corrected chi connectivity index (χ3v) is 2.23. The third-order valence-electron chi connectivity index (χ3n) is 2.23. The van der Waals surface area contributed by atoms with E-state index in [4.69, 9.17) is 15.9 Å². The average Bonchev–Trinajstić information content (AvgIpc) is 2.78. The molecule has 0 amide bonds. The van der Waals surface area contributed by atoms with E-state index in [0.717, 1.165) is 0 Å². The fourth-order valence-corrected chi connectivity index (χ4v) is 1.28. The second-order valence-electron chi connectivity index (χ2n) is 4.01. The highest BCUT2D eigenvalue weighted by molar-refractivity contribution is 5.92. The van der Waals surface area contributed by atoms with Crippen LogP contribution in [0.15, 0.2) is 24.8 Å². The Kier molecular flexibility index (Phi) is 3.22. The molecule has 7 heteroatoms. The summed E-state index contributed by atoms with van der Waals surface area (Å²) in [5.41, 5.74) is 5.60. The van der Waals surface area contributed by atoms with Gasteiger partial charge in [-0.1, -0.05) is 0 Å². The molecule has 0 aromatic carbocycles. The van der Waals surface area contributed by atoms with Crippen LogP contribution in [0.1, 0.15) is 25.6 Å². The summed E-state index contributed by atoms with van der Waals surface area (Å²) < 4.78 is 7.26. The van der Waals surface area contributed by atoms with Crippen molar-refractivity contribution >= 4 is 5.84 Å². The first-order chi connectivity index (χ1) is 8.56. The van der Waals surface area contributed by atoms with E-state index in [0.29, 0.717) is 17.3 Å². The monoisotopic (exact) mass is 246 g/mol. The largest absolute Gasteiger partial charge is 0.434 e. The molecule has 0 spiro atoms. The Morgan fingerprint density at radius 3 is 2.61 bits per heavy atom. The summed E-state index contributed by atoms with van der Waals surface area (Å²) >= 11 is 0. The van der Waals surface area contributed by atoms with Gasteiger partial charge in [0.25, 0.3) is 0 Å². The summed E-state index contributed by atoms with van der Waals surface area (Å²) in [6.45, 7) is 4.05. The van der Waals surface area contributed by atoms with Gasteiger partial charge in [0.1, 0.15) is 11.5 Å². The predicted molar refractivity (Wildman–Crippen MR) is 65.7 cm³/mol. The molecule has 0 atom stereocenters. The van der Waals surface area contributed by atoms with E-state index in [1.54, 1.807) is 17.1 Å². The first kappa shape index (κ1) is 12.0. The highest BCUT2D eigenvalue weighted by atomic mass is 16.5. The van der Waals surface area contributed by atoms with Crippen LogP contribution in [0.3, 0.4) is 0 Å². The SMILES string of the molecule is CC(C)n1cc(Oc2cnc(C(=N)N)cn2)cn1. The van der Waals surface area contributed by atoms with Crippen molar-refractivity contribution in [2.45, 2.75) is 19.9 Å². The Labute approximate surface area is 104 Å². The minimum absolute atomic E-state index is 0.123. The number of nitrogens with two attached hydrogens (primary N) is 1. The number of aromatic nitrogens is 4. The molecule has 0 saturated carbocycles. The molecule has 2 heterocycles. The van der Waals surface area contributed by atoms with E-state index in [1.807, 2.05) is 13.8 Å². The van der Waals surface area contributed by atoms with Crippen LogP contribution in [0.4, 0.5) is 0 Å². The van der Waals surface area contributed by atoms with E-state index < -0.39 is 0 Å². The molecule has 2 rings (SSSR count). The maximum Gasteiger partial charge on any atom is 0.238 e. The van der Waals surface area contributed by atoms with Crippen LogP contribution in [-0.4, -0.2) is 25.6 Å². The van der Waals surface area contributed by atoms with Crippen LogP contribution in [-0.2, 0) is 0 Å². The summed E-state index contributed by atoms with van der Waals surface area (Å²) in [6.07, 6.45) is 6.21. The smallest absolute Gasteiger partial charge is 0.238 e. The van der Waals surface area contributed by atoms with Crippen molar-refractivity contribution in [3.05, 3.63) is 30.5 Å². The summed E-state index contributed by atoms with van der Waals surface area (Å²) in [5.74, 6) is 0.804. The molecule has 2 aromatic rings. The van der Waals surface area contributed by atoms with Gasteiger partial charge in [-0.2, -0.15) is 5.10 Å². The first-order valence-electron chi connectivity index (χ1n) is 5.44. The van der Waals surface area contributed by atoms with Crippen LogP contribution >= 0.6 is 0 Å². The van der Waals surface area contributed by atoms with Crippen molar-refractivity contribution in [2.24, 2.45) is 5.73 Å². The van der Waals surface area contributed by atoms with E-state index in [2.05, 4.69) is 15.1 Å². The van der Waals surface area contributed by atoms with Crippen LogP contribution in [0.2, 0.25) is 0 Å². The van der Waals surface area contributed by atoms with Crippen LogP contribution in [0.5, 0.6) is 11.6 Å². The number of nitrogen functional groups attached to an aromatic ring is 1. The Bertz CT molecular complexity index is 545. The van der Waals surface area contributed by atoms with E-state index >= 15 is 0 Å². The average molecular weight is 246 g/mol. The molecule has 0 unspecified atom stereocenters. The molecule has 18 heavy (non-hydrogen) atoms. The quantitative estimate of drug-likeness (QED) is 0.625. The van der Waals surface area contributed by atoms with Crippen molar-refractivity contribution in [3.63, 3.8) is 0 Å². The normalized spacial score (nSPS) is 10.6. The number of amidine groups is 1. The minimum atomic E-state index is -0.123. The number of rotatable bonds is 4. The minimum Gasteiger partial charge on any atom is -0.434 e. The zero-order valence-corrected chi connectivity index (χ0v) is 10.2. The summed E-state index contributed by atoms with van der Waals surface area (Å²) in [4.78, 5) is 7.96. The highest BCUT2D eigenvalue weighted by Gasteiger charge is 2.05. The molecule has 0 radical (unpaired) electrons. The standard InChI is InChI=1S/C11H14N6O/c1-7(2)17-6-8(3-16-17)18-10-5-14-9(4-15-10)11(12)13/h3-7H,1-2H3,(H3,12,13). The fraction of sp³-hybridized carbons (Fsp3) is 0.273. The maximum absolute atomic E-state index is 7.20. The number of ether oxygens (including phenoxy) is 1. The second-order valence-corrected chi connectivity index (χ2v) is 4.01. The van der Waals surface area contributed by atoms with Crippen molar-refractivity contribution in [1.29, 1.82) is 5.41 Å². The van der Waals surface area contributed by atoms with E-state index in [9.17, 15) is 0 Å². The van der Waals surface area contributed by atoms with Crippen molar-refractivity contribution in [3.8, 4) is 11.6 Å². The lowest BCUT2D eigenvalue weighted by Gasteiger charge is -2.03. The molecule has 0 fully saturated rings. The molecule has 3 N–H and O–H groups in total. The van der Waals surface area contributed by atoms with Crippen molar-refractivity contribution in [1.82, 2.24) is 19.7 Å². The van der Waals surface area contributed by atoms with Gasteiger partial charge in [0.15, 0.2) is 5.75 Å². The van der Waals surface area contributed by atoms with Gasteiger partial charge in [0.2, 0.25) is 5.88 Å². The van der Waals surface area contributed by atoms with Crippen LogP contribution in [0, 0.1) is 5.41 Å². The summed E-state index contributed by atoms with van der Waals surface area (Å²) in [7, 11) is 0. The van der Waals surface area contributed by atoms with E-state index in [-0.39, 0.29) is 11.9 Å². The van der Waals surface area contributed by atoms with Crippen molar-refractivity contribution < 1.29 is 4.74 Å². The molecule has 0 bridgehead atoms. The molecular formula is C11H14N6O. The summed E-state index contributed by atoms with van der Waals surface area (Å²) in [6, 6.07) is 0.272. The lowest BCUT2D eigenvalue weighted by atomic mass is 10.4. The molecule has 0 aliphatic rings. The Morgan fingerprint density at radius 1 is 1.33 bits per heavy atom. The van der Waals surface area contributed by atoms with E-state index in [1.165, 1.54) is 12.4 Å².